The van der Waals surface area contributed by atoms with Gasteiger partial charge in [0.1, 0.15) is 4.83 Å². The summed E-state index contributed by atoms with van der Waals surface area (Å²) in [6.45, 7) is 11.1. The zero-order valence-corrected chi connectivity index (χ0v) is 20.6. The lowest BCUT2D eigenvalue weighted by molar-refractivity contribution is 0.589. The maximum absolute atomic E-state index is 6.40. The Morgan fingerprint density at radius 1 is 1.24 bits per heavy atom. The minimum atomic E-state index is 0.754. The molecule has 0 radical (unpaired) electrons. The standard InChI is InChI=1S/C26H31N7S/c1-17-4-6-21-24(27)25(34-26(21)31-17)18(2)29-9-8-19-5-7-23(33-12-10-28-11-13-33)22(14-19)20-15-30-32(3)16-20/h4-7,14-16,28-29H,2,8-13,27H2,1,3H3. The van der Waals surface area contributed by atoms with Crippen LogP contribution in [0.1, 0.15) is 16.1 Å². The monoisotopic (exact) mass is 473 g/mol. The molecule has 0 saturated carbocycles. The molecule has 4 N–H and O–H groups in total. The maximum Gasteiger partial charge on any atom is 0.126 e. The summed E-state index contributed by atoms with van der Waals surface area (Å²) in [6.07, 6.45) is 4.92. The number of aromatic nitrogens is 3. The second kappa shape index (κ2) is 9.48. The molecular formula is C26H31N7S. The summed E-state index contributed by atoms with van der Waals surface area (Å²) in [4.78, 5) is 9.00. The molecule has 0 spiro atoms. The lowest BCUT2D eigenvalue weighted by atomic mass is 10.0. The first-order valence-electron chi connectivity index (χ1n) is 11.7. The van der Waals surface area contributed by atoms with Gasteiger partial charge < -0.3 is 21.3 Å². The average molecular weight is 474 g/mol. The van der Waals surface area contributed by atoms with Gasteiger partial charge in [-0.3, -0.25) is 4.68 Å². The summed E-state index contributed by atoms with van der Waals surface area (Å²) < 4.78 is 1.86. The van der Waals surface area contributed by atoms with Crippen molar-refractivity contribution in [1.82, 2.24) is 25.4 Å². The first kappa shape index (κ1) is 22.4. The number of thiophene rings is 1. The summed E-state index contributed by atoms with van der Waals surface area (Å²) in [6, 6.07) is 10.8. The van der Waals surface area contributed by atoms with Crippen molar-refractivity contribution in [3.63, 3.8) is 0 Å². The number of aryl methyl sites for hydroxylation is 2. The Morgan fingerprint density at radius 2 is 2.06 bits per heavy atom. The van der Waals surface area contributed by atoms with Gasteiger partial charge in [-0.15, -0.1) is 11.3 Å². The number of benzene rings is 1. The Morgan fingerprint density at radius 3 is 2.82 bits per heavy atom. The smallest absolute Gasteiger partial charge is 0.126 e. The van der Waals surface area contributed by atoms with E-state index in [9.17, 15) is 0 Å². The largest absolute Gasteiger partial charge is 0.397 e. The van der Waals surface area contributed by atoms with E-state index in [-0.39, 0.29) is 0 Å². The van der Waals surface area contributed by atoms with Crippen LogP contribution < -0.4 is 21.3 Å². The number of hydrogen-bond donors (Lipinski definition) is 3. The molecule has 1 aliphatic rings. The quantitative estimate of drug-likeness (QED) is 0.379. The van der Waals surface area contributed by atoms with Crippen molar-refractivity contribution in [2.75, 3.05) is 43.4 Å². The first-order chi connectivity index (χ1) is 16.5. The topological polar surface area (TPSA) is 84.0 Å². The van der Waals surface area contributed by atoms with Crippen molar-refractivity contribution in [3.05, 3.63) is 65.4 Å². The summed E-state index contributed by atoms with van der Waals surface area (Å²) in [7, 11) is 1.96. The number of anilines is 2. The van der Waals surface area contributed by atoms with E-state index >= 15 is 0 Å². The van der Waals surface area contributed by atoms with Crippen LogP contribution in [0, 0.1) is 6.92 Å². The van der Waals surface area contributed by atoms with Gasteiger partial charge >= 0.3 is 0 Å². The Balaban J connectivity index is 1.32. The molecule has 176 valence electrons. The van der Waals surface area contributed by atoms with E-state index in [1.54, 1.807) is 11.3 Å². The highest BCUT2D eigenvalue weighted by atomic mass is 32.1. The molecule has 0 amide bonds. The minimum Gasteiger partial charge on any atom is -0.397 e. The third kappa shape index (κ3) is 4.51. The zero-order chi connectivity index (χ0) is 23.7. The molecule has 0 bridgehead atoms. The molecule has 34 heavy (non-hydrogen) atoms. The predicted octanol–water partition coefficient (Wildman–Crippen LogP) is 3.80. The van der Waals surface area contributed by atoms with Gasteiger partial charge in [0.25, 0.3) is 0 Å². The molecular weight excluding hydrogens is 442 g/mol. The Labute approximate surface area is 204 Å². The number of piperazine rings is 1. The number of hydrogen-bond acceptors (Lipinski definition) is 7. The number of rotatable bonds is 7. The van der Waals surface area contributed by atoms with Crippen LogP contribution in [0.2, 0.25) is 0 Å². The molecule has 1 aliphatic heterocycles. The van der Waals surface area contributed by atoms with E-state index < -0.39 is 0 Å². The molecule has 0 atom stereocenters. The highest BCUT2D eigenvalue weighted by Crippen LogP contribution is 2.36. The van der Waals surface area contributed by atoms with Crippen LogP contribution in [0.4, 0.5) is 11.4 Å². The number of nitrogens with two attached hydrogens (primary N) is 1. The SMILES string of the molecule is C=C(NCCc1ccc(N2CCNCC2)c(-c2cnn(C)c2)c1)c1sc2nc(C)ccc2c1N. The Bertz CT molecular complexity index is 1330. The van der Waals surface area contributed by atoms with Crippen molar-refractivity contribution in [2.24, 2.45) is 7.05 Å². The number of pyridine rings is 1. The van der Waals surface area contributed by atoms with Crippen molar-refractivity contribution in [1.29, 1.82) is 0 Å². The van der Waals surface area contributed by atoms with Gasteiger partial charge in [-0.25, -0.2) is 4.98 Å². The first-order valence-corrected chi connectivity index (χ1v) is 12.5. The minimum absolute atomic E-state index is 0.754. The number of nitrogens with zero attached hydrogens (tertiary/aromatic N) is 4. The van der Waals surface area contributed by atoms with Crippen molar-refractivity contribution >= 4 is 38.6 Å². The Kier molecular flexibility index (Phi) is 6.26. The van der Waals surface area contributed by atoms with Crippen LogP contribution in [-0.2, 0) is 13.5 Å². The van der Waals surface area contributed by atoms with Crippen LogP contribution in [0.3, 0.4) is 0 Å². The molecule has 1 aromatic carbocycles. The van der Waals surface area contributed by atoms with Gasteiger partial charge in [0.15, 0.2) is 0 Å². The van der Waals surface area contributed by atoms with E-state index in [0.717, 1.165) is 76.9 Å². The van der Waals surface area contributed by atoms with Crippen LogP contribution in [-0.4, -0.2) is 47.5 Å². The van der Waals surface area contributed by atoms with Crippen molar-refractivity contribution < 1.29 is 0 Å². The van der Waals surface area contributed by atoms with Crippen LogP contribution in [0.5, 0.6) is 0 Å². The van der Waals surface area contributed by atoms with Crippen LogP contribution >= 0.6 is 11.3 Å². The second-order valence-electron chi connectivity index (χ2n) is 8.80. The van der Waals surface area contributed by atoms with E-state index in [4.69, 9.17) is 5.73 Å². The lowest BCUT2D eigenvalue weighted by Crippen LogP contribution is -2.43. The van der Waals surface area contributed by atoms with Gasteiger partial charge in [0, 0.05) is 79.6 Å². The molecule has 8 heteroatoms. The van der Waals surface area contributed by atoms with Crippen LogP contribution in [0.15, 0.2) is 49.3 Å². The number of fused-ring (bicyclic) bond motifs is 1. The second-order valence-corrected chi connectivity index (χ2v) is 9.80. The molecule has 4 heterocycles. The van der Waals surface area contributed by atoms with Crippen LogP contribution in [0.25, 0.3) is 27.0 Å². The molecule has 0 unspecified atom stereocenters. The third-order valence-corrected chi connectivity index (χ3v) is 7.47. The fourth-order valence-corrected chi connectivity index (χ4v) is 5.55. The summed E-state index contributed by atoms with van der Waals surface area (Å²) >= 11 is 1.59. The molecule has 4 aromatic rings. The van der Waals surface area contributed by atoms with Gasteiger partial charge in [0.05, 0.1) is 16.8 Å². The van der Waals surface area contributed by atoms with Gasteiger partial charge in [0.2, 0.25) is 0 Å². The Hall–Kier alpha value is -3.36. The molecule has 3 aromatic heterocycles. The van der Waals surface area contributed by atoms with Gasteiger partial charge in [-0.05, 0) is 43.2 Å². The molecule has 1 saturated heterocycles. The van der Waals surface area contributed by atoms with Crippen molar-refractivity contribution in [3.8, 4) is 11.1 Å². The third-order valence-electron chi connectivity index (χ3n) is 6.29. The molecule has 1 fully saturated rings. The summed E-state index contributed by atoms with van der Waals surface area (Å²) in [5, 5.41) is 12.3. The fraction of sp³-hybridized carbons (Fsp3) is 0.308. The van der Waals surface area contributed by atoms with Gasteiger partial charge in [-0.1, -0.05) is 12.6 Å². The van der Waals surface area contributed by atoms with Gasteiger partial charge in [-0.2, -0.15) is 5.10 Å². The lowest BCUT2D eigenvalue weighted by Gasteiger charge is -2.31. The normalized spacial score (nSPS) is 14.0. The maximum atomic E-state index is 6.40. The highest BCUT2D eigenvalue weighted by Gasteiger charge is 2.17. The fourth-order valence-electron chi connectivity index (χ4n) is 4.46. The average Bonchev–Trinajstić information content (AvgIpc) is 3.42. The highest BCUT2D eigenvalue weighted by molar-refractivity contribution is 7.20. The van der Waals surface area contributed by atoms with Crippen molar-refractivity contribution in [2.45, 2.75) is 13.3 Å². The number of nitrogens with one attached hydrogen (secondary N) is 2. The summed E-state index contributed by atoms with van der Waals surface area (Å²) in [5.74, 6) is 0. The van der Waals surface area contributed by atoms with E-state index in [1.807, 2.05) is 37.0 Å². The van der Waals surface area contributed by atoms with E-state index in [2.05, 4.69) is 56.6 Å². The van der Waals surface area contributed by atoms with E-state index in [1.165, 1.54) is 16.8 Å². The van der Waals surface area contributed by atoms with E-state index in [0.29, 0.717) is 0 Å². The number of nitrogen functional groups attached to an aromatic ring is 1. The summed E-state index contributed by atoms with van der Waals surface area (Å²) in [5.41, 5.74) is 13.9. The molecule has 7 nitrogen and oxygen atoms in total. The molecule has 5 rings (SSSR count). The molecule has 0 aliphatic carbocycles. The predicted molar refractivity (Wildman–Crippen MR) is 143 cm³/mol. The zero-order valence-electron chi connectivity index (χ0n) is 19.8.